The van der Waals surface area contributed by atoms with Crippen LogP contribution >= 0.6 is 0 Å². The number of unbranched alkanes of at least 4 members (excludes halogenated alkanes) is 1. The van der Waals surface area contributed by atoms with E-state index in [0.29, 0.717) is 92.5 Å². The number of ether oxygens (including phenoxy) is 15. The van der Waals surface area contributed by atoms with E-state index in [4.69, 9.17) is 76.2 Å². The van der Waals surface area contributed by atoms with Gasteiger partial charge in [-0.05, 0) is 110 Å². The molecule has 0 bridgehead atoms. The number of aliphatic hydroxyl groups excluding tert-OH is 1. The maximum Gasteiger partial charge on any atom is 0.0781 e. The smallest absolute Gasteiger partial charge is 0.0781 e. The van der Waals surface area contributed by atoms with Crippen molar-refractivity contribution in [3.05, 3.63) is 0 Å². The van der Waals surface area contributed by atoms with Crippen molar-refractivity contribution in [2.75, 3.05) is 106 Å². The average molecular weight is 945 g/mol. The highest BCUT2D eigenvalue weighted by atomic mass is 16.6. The van der Waals surface area contributed by atoms with Gasteiger partial charge in [-0.1, -0.05) is 13.3 Å². The normalized spacial score (nSPS) is 19.3. The minimum absolute atomic E-state index is 0.00870. The Morgan fingerprint density at radius 3 is 0.508 bits per heavy atom. The molecule has 0 radical (unpaired) electrons. The second kappa shape index (κ2) is 41.2. The molecular formula is C49H100O16. The summed E-state index contributed by atoms with van der Waals surface area (Å²) < 4.78 is 88.4. The van der Waals surface area contributed by atoms with Gasteiger partial charge in [0.2, 0.25) is 0 Å². The second-order valence-corrected chi connectivity index (χ2v) is 18.2. The zero-order valence-corrected chi connectivity index (χ0v) is 44.0. The number of aliphatic hydroxyl groups is 1. The highest BCUT2D eigenvalue weighted by Gasteiger charge is 2.17. The summed E-state index contributed by atoms with van der Waals surface area (Å²) in [7, 11) is 0. The average Bonchev–Trinajstić information content (AvgIpc) is 3.29. The molecule has 392 valence electrons. The first-order valence-corrected chi connectivity index (χ1v) is 24.7. The van der Waals surface area contributed by atoms with Crippen molar-refractivity contribution in [2.24, 2.45) is 0 Å². The summed E-state index contributed by atoms with van der Waals surface area (Å²) in [6.45, 7) is 39.0. The van der Waals surface area contributed by atoms with E-state index in [1.54, 1.807) is 0 Å². The molecule has 0 saturated carbocycles. The summed E-state index contributed by atoms with van der Waals surface area (Å²) in [5, 5.41) is 9.07. The molecule has 0 spiro atoms. The maximum absolute atomic E-state index is 9.07. The van der Waals surface area contributed by atoms with E-state index in [-0.39, 0.29) is 98.2 Å². The molecule has 15 atom stereocenters. The van der Waals surface area contributed by atoms with Crippen molar-refractivity contribution in [2.45, 2.75) is 215 Å². The predicted octanol–water partition coefficient (Wildman–Crippen LogP) is 6.86. The molecule has 16 heteroatoms. The van der Waals surface area contributed by atoms with E-state index < -0.39 is 0 Å². The molecule has 0 aliphatic heterocycles. The minimum Gasteiger partial charge on any atom is -0.394 e. The molecule has 16 nitrogen and oxygen atoms in total. The van der Waals surface area contributed by atoms with E-state index in [1.807, 2.05) is 104 Å². The standard InChI is InChI=1S/C49H100O16/c1-17-18-19-51-36(3)21-53-38(5)23-55-40(7)25-57-42(9)27-59-44(11)29-61-46(13)31-63-48(15)33-65-49(16)34-64-47(14)32-62-45(12)30-60-43(10)28-58-41(8)26-56-39(6)24-54-37(4)22-52-35(2)20-50/h35-50H,17-34H2,1-16H3. The SMILES string of the molecule is CCCCOC(C)COC(C)COC(C)COC(C)COC(C)COC(C)COC(C)COC(C)COC(C)COC(C)COC(C)COC(C)COC(C)COC(C)COC(C)CO. The number of rotatable bonds is 47. The van der Waals surface area contributed by atoms with Gasteiger partial charge in [0.15, 0.2) is 0 Å². The topological polar surface area (TPSA) is 159 Å². The lowest BCUT2D eigenvalue weighted by Crippen LogP contribution is -2.31. The van der Waals surface area contributed by atoms with Crippen LogP contribution < -0.4 is 0 Å². The summed E-state index contributed by atoms with van der Waals surface area (Å²) in [5.41, 5.74) is 0. The molecule has 0 amide bonds. The molecule has 0 aliphatic carbocycles. The minimum atomic E-state index is -0.200. The van der Waals surface area contributed by atoms with Crippen LogP contribution in [0.4, 0.5) is 0 Å². The predicted molar refractivity (Wildman–Crippen MR) is 253 cm³/mol. The Morgan fingerprint density at radius 2 is 0.369 bits per heavy atom. The van der Waals surface area contributed by atoms with Crippen LogP contribution in [-0.4, -0.2) is 202 Å². The fourth-order valence-electron chi connectivity index (χ4n) is 5.35. The van der Waals surface area contributed by atoms with Crippen molar-refractivity contribution in [3.63, 3.8) is 0 Å². The van der Waals surface area contributed by atoms with Crippen LogP contribution in [0.1, 0.15) is 124 Å². The van der Waals surface area contributed by atoms with Crippen LogP contribution in [0.3, 0.4) is 0 Å². The summed E-state index contributed by atoms with van der Waals surface area (Å²) in [4.78, 5) is 0. The largest absolute Gasteiger partial charge is 0.394 e. The van der Waals surface area contributed by atoms with Crippen LogP contribution in [0.25, 0.3) is 0 Å². The molecule has 15 unspecified atom stereocenters. The first-order valence-electron chi connectivity index (χ1n) is 24.7. The summed E-state index contributed by atoms with van der Waals surface area (Å²) in [5.74, 6) is 0. The van der Waals surface area contributed by atoms with Crippen LogP contribution in [0, 0.1) is 0 Å². The molecule has 1 N–H and O–H groups in total. The van der Waals surface area contributed by atoms with Gasteiger partial charge in [-0.25, -0.2) is 0 Å². The molecule has 65 heavy (non-hydrogen) atoms. The van der Waals surface area contributed by atoms with Crippen molar-refractivity contribution < 1.29 is 76.2 Å². The van der Waals surface area contributed by atoms with Gasteiger partial charge < -0.3 is 76.2 Å². The second-order valence-electron chi connectivity index (χ2n) is 18.2. The quantitative estimate of drug-likeness (QED) is 0.0631. The zero-order valence-electron chi connectivity index (χ0n) is 44.0. The van der Waals surface area contributed by atoms with Gasteiger partial charge in [-0.2, -0.15) is 0 Å². The van der Waals surface area contributed by atoms with E-state index in [0.717, 1.165) is 19.4 Å². The van der Waals surface area contributed by atoms with Crippen molar-refractivity contribution in [1.82, 2.24) is 0 Å². The molecule has 0 rings (SSSR count). The van der Waals surface area contributed by atoms with Gasteiger partial charge in [0.25, 0.3) is 0 Å². The monoisotopic (exact) mass is 945 g/mol. The summed E-state index contributed by atoms with van der Waals surface area (Å²) in [6.07, 6.45) is 0.993. The third-order valence-electron chi connectivity index (χ3n) is 9.77. The van der Waals surface area contributed by atoms with Crippen molar-refractivity contribution in [3.8, 4) is 0 Å². The van der Waals surface area contributed by atoms with Crippen molar-refractivity contribution in [1.29, 1.82) is 0 Å². The first kappa shape index (κ1) is 64.4. The Bertz CT molecular complexity index is 1030. The fraction of sp³-hybridized carbons (Fsp3) is 1.00. The van der Waals surface area contributed by atoms with E-state index in [2.05, 4.69) is 6.92 Å². The number of hydrogen-bond acceptors (Lipinski definition) is 16. The van der Waals surface area contributed by atoms with Gasteiger partial charge in [0.1, 0.15) is 0 Å². The zero-order chi connectivity index (χ0) is 49.0. The van der Waals surface area contributed by atoms with Crippen LogP contribution in [0.2, 0.25) is 0 Å². The molecule has 0 heterocycles. The third kappa shape index (κ3) is 40.9. The van der Waals surface area contributed by atoms with E-state index in [1.165, 1.54) is 0 Å². The van der Waals surface area contributed by atoms with Crippen LogP contribution in [0.15, 0.2) is 0 Å². The Kier molecular flexibility index (Phi) is 40.8. The van der Waals surface area contributed by atoms with Gasteiger partial charge in [0.05, 0.1) is 191 Å². The molecule has 0 fully saturated rings. The molecule has 0 aromatic carbocycles. The first-order chi connectivity index (χ1) is 30.8. The van der Waals surface area contributed by atoms with Gasteiger partial charge in [0, 0.05) is 6.61 Å². The molecule has 0 aliphatic rings. The maximum atomic E-state index is 9.07. The van der Waals surface area contributed by atoms with Crippen molar-refractivity contribution >= 4 is 0 Å². The van der Waals surface area contributed by atoms with Crippen LogP contribution in [0.5, 0.6) is 0 Å². The lowest BCUT2D eigenvalue weighted by Gasteiger charge is -2.23. The Balaban J connectivity index is 3.98. The highest BCUT2D eigenvalue weighted by molar-refractivity contribution is 4.62. The van der Waals surface area contributed by atoms with E-state index in [9.17, 15) is 0 Å². The van der Waals surface area contributed by atoms with Crippen LogP contribution in [-0.2, 0) is 71.1 Å². The lowest BCUT2D eigenvalue weighted by molar-refractivity contribution is -0.116. The van der Waals surface area contributed by atoms with Gasteiger partial charge in [-0.15, -0.1) is 0 Å². The molecule has 0 saturated heterocycles. The number of hydrogen-bond donors (Lipinski definition) is 1. The Hall–Kier alpha value is -0.640. The molecule has 0 aromatic rings. The molecule has 0 aromatic heterocycles. The fourth-order valence-corrected chi connectivity index (χ4v) is 5.35. The highest BCUT2D eigenvalue weighted by Crippen LogP contribution is 2.09. The Labute approximate surface area is 396 Å². The summed E-state index contributed by atoms with van der Waals surface area (Å²) in [6, 6.07) is 0. The summed E-state index contributed by atoms with van der Waals surface area (Å²) >= 11 is 0. The van der Waals surface area contributed by atoms with Gasteiger partial charge in [-0.3, -0.25) is 0 Å². The van der Waals surface area contributed by atoms with Gasteiger partial charge >= 0.3 is 0 Å². The Morgan fingerprint density at radius 1 is 0.231 bits per heavy atom. The van der Waals surface area contributed by atoms with E-state index >= 15 is 0 Å². The molecular weight excluding hydrogens is 845 g/mol. The lowest BCUT2D eigenvalue weighted by atomic mass is 10.3. The third-order valence-corrected chi connectivity index (χ3v) is 9.77.